The molecule has 6 aromatic rings. The number of aromatic nitrogens is 4. The first-order chi connectivity index (χ1) is 27.9. The molecule has 0 bridgehead atoms. The minimum Gasteiger partial charge on any atom is -0.497 e. The molecule has 57 heavy (non-hydrogen) atoms. The predicted octanol–water partition coefficient (Wildman–Crippen LogP) is 5.84. The van der Waals surface area contributed by atoms with Crippen LogP contribution < -0.4 is 20.5 Å². The second-order valence-corrected chi connectivity index (χ2v) is 13.5. The molecule has 0 radical (unpaired) electrons. The van der Waals surface area contributed by atoms with E-state index in [9.17, 15) is 14.7 Å². The fourth-order valence-electron chi connectivity index (χ4n) is 7.03. The van der Waals surface area contributed by atoms with Crippen LogP contribution in [0.5, 0.6) is 11.5 Å². The van der Waals surface area contributed by atoms with Crippen LogP contribution in [0.15, 0.2) is 145 Å². The Balaban J connectivity index is 1.18. The Labute approximate surface area is 330 Å². The molecule has 0 aliphatic carbocycles. The maximum atomic E-state index is 13.6. The molecule has 13 heteroatoms. The maximum Gasteiger partial charge on any atom is 0.351 e. The number of nitrogens with one attached hydrogen (secondary N) is 1. The molecule has 4 atom stereocenters. The average Bonchev–Trinajstić information content (AvgIpc) is 3.89. The van der Waals surface area contributed by atoms with Crippen LogP contribution in [0.25, 0.3) is 0 Å². The number of benzene rings is 4. The van der Waals surface area contributed by atoms with Gasteiger partial charge in [0.05, 0.1) is 27.2 Å². The van der Waals surface area contributed by atoms with Gasteiger partial charge in [0.1, 0.15) is 41.2 Å². The molecule has 4 aromatic carbocycles. The zero-order chi connectivity index (χ0) is 39.6. The number of hydrogen-bond donors (Lipinski definition) is 2. The van der Waals surface area contributed by atoms with Crippen molar-refractivity contribution in [3.05, 3.63) is 173 Å². The molecule has 1 aliphatic heterocycles. The zero-order valence-electron chi connectivity index (χ0n) is 31.7. The van der Waals surface area contributed by atoms with E-state index in [1.165, 1.54) is 16.8 Å². The fraction of sp³-hybridized carbons (Fsp3) is 0.273. The molecule has 0 unspecified atom stereocenters. The summed E-state index contributed by atoms with van der Waals surface area (Å²) < 4.78 is 34.1. The lowest BCUT2D eigenvalue weighted by molar-refractivity contribution is -0.0982. The first-order valence-electron chi connectivity index (χ1n) is 18.7. The Bertz CT molecular complexity index is 2190. The van der Waals surface area contributed by atoms with Crippen LogP contribution in [-0.2, 0) is 26.4 Å². The van der Waals surface area contributed by atoms with E-state index in [0.717, 1.165) is 29.7 Å². The van der Waals surface area contributed by atoms with Crippen LogP contribution in [0, 0.1) is 0 Å². The lowest BCUT2D eigenvalue weighted by atomic mass is 9.80. The van der Waals surface area contributed by atoms with Crippen molar-refractivity contribution in [2.24, 2.45) is 0 Å². The number of amides is 1. The Hall–Kier alpha value is -6.12. The van der Waals surface area contributed by atoms with Crippen LogP contribution >= 0.6 is 0 Å². The number of nitrogens with zero attached hydrogens (tertiary/aromatic N) is 4. The molecule has 2 aromatic heterocycles. The van der Waals surface area contributed by atoms with Gasteiger partial charge in [0.2, 0.25) is 0 Å². The third-order valence-electron chi connectivity index (χ3n) is 10.0. The van der Waals surface area contributed by atoms with E-state index >= 15 is 0 Å². The van der Waals surface area contributed by atoms with Crippen molar-refractivity contribution in [3.8, 4) is 11.5 Å². The van der Waals surface area contributed by atoms with Crippen molar-refractivity contribution in [1.82, 2.24) is 19.1 Å². The third-order valence-corrected chi connectivity index (χ3v) is 10.0. The van der Waals surface area contributed by atoms with Gasteiger partial charge in [-0.05, 0) is 72.0 Å². The number of carbonyl (C=O) groups excluding carboxylic acids is 1. The summed E-state index contributed by atoms with van der Waals surface area (Å²) >= 11 is 0. The zero-order valence-corrected chi connectivity index (χ0v) is 31.7. The van der Waals surface area contributed by atoms with Gasteiger partial charge in [0.25, 0.3) is 5.91 Å². The van der Waals surface area contributed by atoms with Gasteiger partial charge < -0.3 is 38.7 Å². The molecule has 0 saturated carbocycles. The Morgan fingerprint density at radius 1 is 0.825 bits per heavy atom. The van der Waals surface area contributed by atoms with Gasteiger partial charge in [-0.2, -0.15) is 4.98 Å². The number of ether oxygens (including phenoxy) is 5. The molecule has 7 rings (SSSR count). The summed E-state index contributed by atoms with van der Waals surface area (Å²) in [5, 5.41) is 14.6. The molecule has 0 spiro atoms. The van der Waals surface area contributed by atoms with Crippen LogP contribution in [0.1, 0.15) is 46.1 Å². The Morgan fingerprint density at radius 3 is 2.05 bits per heavy atom. The maximum absolute atomic E-state index is 13.6. The van der Waals surface area contributed by atoms with Crippen molar-refractivity contribution in [2.45, 2.75) is 49.5 Å². The van der Waals surface area contributed by atoms with Gasteiger partial charge in [-0.15, -0.1) is 0 Å². The van der Waals surface area contributed by atoms with Gasteiger partial charge in [-0.1, -0.05) is 72.8 Å². The standard InChI is InChI=1S/C44H45N5O8/c1-53-35-19-15-33(16-20-35)44(32-13-7-4-8-14-32,34-17-21-36(54-2)22-18-34)56-29-37-39(50)40(55-28-10-9-25-48-27-24-45-30-48)42(57-37)49-26-23-38(47-43(49)52)46-41(51)31-11-5-3-6-12-31/h3-8,11-24,26-27,30,37,39-40,42,50H,9-10,25,28-29H2,1-2H3,(H,46,47,51,52)/t37-,39-,40-,42-/m1/s1. The molecule has 1 fully saturated rings. The van der Waals surface area contributed by atoms with Crippen molar-refractivity contribution >= 4 is 11.7 Å². The summed E-state index contributed by atoms with van der Waals surface area (Å²) in [5.41, 5.74) is 1.01. The summed E-state index contributed by atoms with van der Waals surface area (Å²) in [4.78, 5) is 34.7. The number of aliphatic hydroxyl groups is 1. The topological polar surface area (TPSA) is 148 Å². The normalized spacial score (nSPS) is 17.9. The molecule has 13 nitrogen and oxygen atoms in total. The van der Waals surface area contributed by atoms with Crippen LogP contribution in [0.2, 0.25) is 0 Å². The summed E-state index contributed by atoms with van der Waals surface area (Å²) in [7, 11) is 3.23. The second kappa shape index (κ2) is 18.2. The highest BCUT2D eigenvalue weighted by Crippen LogP contribution is 2.43. The number of carbonyl (C=O) groups is 1. The van der Waals surface area contributed by atoms with E-state index in [1.54, 1.807) is 51.0 Å². The SMILES string of the molecule is COc1ccc(C(OC[C@H]2O[C@@H](n3ccc(NC(=O)c4ccccc4)nc3=O)[C@H](OCCCCn3ccnc3)[C@@H]2O)(c2ccccc2)c2ccc(OC)cc2)cc1. The summed E-state index contributed by atoms with van der Waals surface area (Å²) in [6, 6.07) is 35.2. The number of aliphatic hydroxyl groups excluding tert-OH is 1. The first-order valence-corrected chi connectivity index (χ1v) is 18.7. The van der Waals surface area contributed by atoms with E-state index in [2.05, 4.69) is 15.3 Å². The number of aryl methyl sites for hydroxylation is 1. The molecular formula is C44H45N5O8. The van der Waals surface area contributed by atoms with E-state index in [-0.39, 0.29) is 12.4 Å². The van der Waals surface area contributed by atoms with Gasteiger partial charge in [-0.3, -0.25) is 9.36 Å². The quantitative estimate of drug-likeness (QED) is 0.0856. The first kappa shape index (κ1) is 39.1. The van der Waals surface area contributed by atoms with Gasteiger partial charge >= 0.3 is 5.69 Å². The highest BCUT2D eigenvalue weighted by Gasteiger charge is 2.48. The Kier molecular flexibility index (Phi) is 12.5. The molecule has 2 N–H and O–H groups in total. The molecule has 1 saturated heterocycles. The molecule has 3 heterocycles. The summed E-state index contributed by atoms with van der Waals surface area (Å²) in [6.45, 7) is 0.951. The van der Waals surface area contributed by atoms with Crippen molar-refractivity contribution in [3.63, 3.8) is 0 Å². The monoisotopic (exact) mass is 771 g/mol. The minimum atomic E-state index is -1.20. The number of rotatable bonds is 17. The highest BCUT2D eigenvalue weighted by molar-refractivity contribution is 6.03. The van der Waals surface area contributed by atoms with E-state index in [4.69, 9.17) is 23.7 Å². The predicted molar refractivity (Wildman–Crippen MR) is 212 cm³/mol. The number of hydrogen-bond acceptors (Lipinski definition) is 10. The van der Waals surface area contributed by atoms with Crippen molar-refractivity contribution < 1.29 is 33.6 Å². The second-order valence-electron chi connectivity index (χ2n) is 13.5. The molecule has 294 valence electrons. The fourth-order valence-corrected chi connectivity index (χ4v) is 7.03. The molecule has 1 amide bonds. The van der Waals surface area contributed by atoms with E-state index in [0.29, 0.717) is 30.1 Å². The van der Waals surface area contributed by atoms with Gasteiger partial charge in [0.15, 0.2) is 6.23 Å². The number of unbranched alkanes of at least 4 members (excludes halogenated alkanes) is 1. The smallest absolute Gasteiger partial charge is 0.351 e. The Morgan fingerprint density at radius 2 is 1.46 bits per heavy atom. The lowest BCUT2D eigenvalue weighted by Crippen LogP contribution is -2.40. The third kappa shape index (κ3) is 8.82. The van der Waals surface area contributed by atoms with Crippen molar-refractivity contribution in [2.75, 3.05) is 32.8 Å². The lowest BCUT2D eigenvalue weighted by Gasteiger charge is -2.37. The van der Waals surface area contributed by atoms with Crippen LogP contribution in [-0.4, -0.2) is 75.9 Å². The van der Waals surface area contributed by atoms with E-state index < -0.39 is 41.7 Å². The largest absolute Gasteiger partial charge is 0.497 e. The average molecular weight is 772 g/mol. The van der Waals surface area contributed by atoms with Gasteiger partial charge in [0, 0.05) is 37.3 Å². The molecular weight excluding hydrogens is 727 g/mol. The van der Waals surface area contributed by atoms with Gasteiger partial charge in [-0.25, -0.2) is 9.78 Å². The number of imidazole rings is 1. The van der Waals surface area contributed by atoms with Crippen LogP contribution in [0.4, 0.5) is 5.82 Å². The summed E-state index contributed by atoms with van der Waals surface area (Å²) in [5.74, 6) is 1.04. The number of anilines is 1. The highest BCUT2D eigenvalue weighted by atomic mass is 16.6. The van der Waals surface area contributed by atoms with Crippen molar-refractivity contribution in [1.29, 1.82) is 0 Å². The minimum absolute atomic E-state index is 0.0760. The van der Waals surface area contributed by atoms with Crippen LogP contribution in [0.3, 0.4) is 0 Å². The van der Waals surface area contributed by atoms with E-state index in [1.807, 2.05) is 95.7 Å². The molecule has 1 aliphatic rings. The number of methoxy groups -OCH3 is 2. The summed E-state index contributed by atoms with van der Waals surface area (Å²) in [6.07, 6.45) is 4.20.